The second kappa shape index (κ2) is 8.44. The molecule has 0 unspecified atom stereocenters. The number of halogens is 1. The van der Waals surface area contributed by atoms with Crippen LogP contribution in [0.15, 0.2) is 83.8 Å². The van der Waals surface area contributed by atoms with Crippen LogP contribution in [0.4, 0.5) is 10.1 Å². The number of carbonyl (C=O) groups excluding carboxylic acids is 1. The lowest BCUT2D eigenvalue weighted by atomic mass is 10.1. The normalized spacial score (nSPS) is 10.8. The van der Waals surface area contributed by atoms with Gasteiger partial charge in [-0.05, 0) is 61.5 Å². The zero-order valence-corrected chi connectivity index (χ0v) is 17.2. The maximum atomic E-state index is 13.6. The lowest BCUT2D eigenvalue weighted by Gasteiger charge is -2.22. The van der Waals surface area contributed by atoms with Crippen LogP contribution in [0.5, 0.6) is 5.75 Å². The third-order valence-corrected chi connectivity index (χ3v) is 5.21. The molecule has 0 saturated heterocycles. The molecule has 1 aromatic heterocycles. The predicted molar refractivity (Wildman–Crippen MR) is 120 cm³/mol. The summed E-state index contributed by atoms with van der Waals surface area (Å²) in [5, 5.41) is 1.02. The number of hydrogen-bond donors (Lipinski definition) is 0. The van der Waals surface area contributed by atoms with E-state index in [1.165, 1.54) is 16.7 Å². The van der Waals surface area contributed by atoms with Gasteiger partial charge in [-0.25, -0.2) is 4.39 Å². The van der Waals surface area contributed by atoms with Crippen LogP contribution in [-0.4, -0.2) is 24.1 Å². The highest BCUT2D eigenvalue weighted by Crippen LogP contribution is 2.23. The zero-order valence-electron chi connectivity index (χ0n) is 17.2. The SMILES string of the molecule is CCN(C(=O)c1cn(-c2ccc(OC)cc2)c(=O)c2ccccc12)c1ccc(F)cc1. The maximum absolute atomic E-state index is 13.6. The summed E-state index contributed by atoms with van der Waals surface area (Å²) in [5.74, 6) is 0.0284. The number of hydrogen-bond acceptors (Lipinski definition) is 3. The lowest BCUT2D eigenvalue weighted by Crippen LogP contribution is -2.32. The highest BCUT2D eigenvalue weighted by molar-refractivity contribution is 6.13. The van der Waals surface area contributed by atoms with Crippen LogP contribution >= 0.6 is 0 Å². The Balaban J connectivity index is 1.90. The first-order chi connectivity index (χ1) is 15.0. The number of methoxy groups -OCH3 is 1. The molecule has 0 aliphatic heterocycles. The molecule has 6 heteroatoms. The Morgan fingerprint density at radius 2 is 1.61 bits per heavy atom. The number of amides is 1. The molecule has 0 aliphatic rings. The van der Waals surface area contributed by atoms with Gasteiger partial charge in [0.2, 0.25) is 0 Å². The summed E-state index contributed by atoms with van der Waals surface area (Å²) in [6.07, 6.45) is 1.57. The van der Waals surface area contributed by atoms with E-state index in [4.69, 9.17) is 4.74 Å². The van der Waals surface area contributed by atoms with Crippen LogP contribution < -0.4 is 15.2 Å². The molecule has 0 atom stereocenters. The summed E-state index contributed by atoms with van der Waals surface area (Å²) >= 11 is 0. The van der Waals surface area contributed by atoms with Crippen LogP contribution in [-0.2, 0) is 0 Å². The molecule has 0 spiro atoms. The van der Waals surface area contributed by atoms with Crippen LogP contribution in [0.25, 0.3) is 16.5 Å². The van der Waals surface area contributed by atoms with Crippen LogP contribution in [0.1, 0.15) is 17.3 Å². The minimum atomic E-state index is -0.370. The average Bonchev–Trinajstić information content (AvgIpc) is 2.81. The van der Waals surface area contributed by atoms with Gasteiger partial charge < -0.3 is 9.64 Å². The zero-order chi connectivity index (χ0) is 22.0. The summed E-state index contributed by atoms with van der Waals surface area (Å²) < 4.78 is 20.0. The first-order valence-electron chi connectivity index (χ1n) is 9.89. The smallest absolute Gasteiger partial charge is 0.262 e. The number of anilines is 1. The van der Waals surface area contributed by atoms with Crippen molar-refractivity contribution in [2.75, 3.05) is 18.6 Å². The van der Waals surface area contributed by atoms with Crippen molar-refractivity contribution in [2.45, 2.75) is 6.92 Å². The number of nitrogens with zero attached hydrogens (tertiary/aromatic N) is 2. The third kappa shape index (κ3) is 3.80. The molecule has 3 aromatic carbocycles. The van der Waals surface area contributed by atoms with Gasteiger partial charge in [-0.2, -0.15) is 0 Å². The number of carbonyl (C=O) groups is 1. The van der Waals surface area contributed by atoms with Gasteiger partial charge in [-0.1, -0.05) is 18.2 Å². The van der Waals surface area contributed by atoms with E-state index in [1.54, 1.807) is 78.9 Å². The Morgan fingerprint density at radius 3 is 2.23 bits per heavy atom. The second-order valence-corrected chi connectivity index (χ2v) is 6.99. The molecule has 5 nitrogen and oxygen atoms in total. The molecule has 1 amide bonds. The first kappa shape index (κ1) is 20.3. The van der Waals surface area contributed by atoms with Crippen molar-refractivity contribution in [1.29, 1.82) is 0 Å². The molecule has 0 bridgehead atoms. The van der Waals surface area contributed by atoms with E-state index < -0.39 is 0 Å². The number of benzene rings is 3. The molecule has 0 N–H and O–H groups in total. The molecule has 0 radical (unpaired) electrons. The van der Waals surface area contributed by atoms with E-state index in [0.717, 1.165) is 0 Å². The number of rotatable bonds is 5. The van der Waals surface area contributed by atoms with Gasteiger partial charge in [-0.3, -0.25) is 14.2 Å². The van der Waals surface area contributed by atoms with E-state index in [9.17, 15) is 14.0 Å². The van der Waals surface area contributed by atoms with Gasteiger partial charge in [-0.15, -0.1) is 0 Å². The highest BCUT2D eigenvalue weighted by Gasteiger charge is 2.21. The number of aromatic nitrogens is 1. The average molecular weight is 416 g/mol. The van der Waals surface area contributed by atoms with Crippen molar-refractivity contribution in [3.63, 3.8) is 0 Å². The molecular weight excluding hydrogens is 395 g/mol. The maximum Gasteiger partial charge on any atom is 0.262 e. The monoisotopic (exact) mass is 416 g/mol. The van der Waals surface area contributed by atoms with Crippen molar-refractivity contribution < 1.29 is 13.9 Å². The van der Waals surface area contributed by atoms with Crippen molar-refractivity contribution in [2.24, 2.45) is 0 Å². The molecule has 156 valence electrons. The van der Waals surface area contributed by atoms with Crippen LogP contribution in [0.3, 0.4) is 0 Å². The van der Waals surface area contributed by atoms with Crippen molar-refractivity contribution >= 4 is 22.4 Å². The second-order valence-electron chi connectivity index (χ2n) is 6.99. The quantitative estimate of drug-likeness (QED) is 0.469. The minimum Gasteiger partial charge on any atom is -0.497 e. The molecule has 0 saturated carbocycles. The highest BCUT2D eigenvalue weighted by atomic mass is 19.1. The summed E-state index contributed by atoms with van der Waals surface area (Å²) in [4.78, 5) is 28.3. The Hall–Kier alpha value is -3.93. The van der Waals surface area contributed by atoms with E-state index in [-0.39, 0.29) is 17.3 Å². The third-order valence-electron chi connectivity index (χ3n) is 5.21. The Kier molecular flexibility index (Phi) is 5.54. The fourth-order valence-electron chi connectivity index (χ4n) is 3.61. The number of pyridine rings is 1. The molecule has 0 fully saturated rings. The van der Waals surface area contributed by atoms with Gasteiger partial charge in [0.05, 0.1) is 12.7 Å². The van der Waals surface area contributed by atoms with Crippen molar-refractivity contribution in [3.8, 4) is 11.4 Å². The number of fused-ring (bicyclic) bond motifs is 1. The van der Waals surface area contributed by atoms with Gasteiger partial charge in [0.1, 0.15) is 11.6 Å². The topological polar surface area (TPSA) is 51.5 Å². The minimum absolute atomic E-state index is 0.220. The van der Waals surface area contributed by atoms with E-state index in [2.05, 4.69) is 0 Å². The first-order valence-corrected chi connectivity index (χ1v) is 9.89. The molecule has 31 heavy (non-hydrogen) atoms. The van der Waals surface area contributed by atoms with E-state index in [1.807, 2.05) is 6.92 Å². The molecule has 4 rings (SSSR count). The molecule has 0 aliphatic carbocycles. The summed E-state index contributed by atoms with van der Waals surface area (Å²) in [5.41, 5.74) is 1.37. The Labute approximate surface area is 178 Å². The molecule has 1 heterocycles. The summed E-state index contributed by atoms with van der Waals surface area (Å²) in [7, 11) is 1.57. The lowest BCUT2D eigenvalue weighted by molar-refractivity contribution is 0.0989. The van der Waals surface area contributed by atoms with Gasteiger partial charge in [0, 0.05) is 34.9 Å². The van der Waals surface area contributed by atoms with E-state index >= 15 is 0 Å². The number of ether oxygens (including phenoxy) is 1. The van der Waals surface area contributed by atoms with Gasteiger partial charge in [0.25, 0.3) is 11.5 Å². The van der Waals surface area contributed by atoms with E-state index in [0.29, 0.717) is 40.0 Å². The van der Waals surface area contributed by atoms with Crippen LogP contribution in [0, 0.1) is 5.82 Å². The summed E-state index contributed by atoms with van der Waals surface area (Å²) in [6, 6.07) is 19.9. The van der Waals surface area contributed by atoms with Crippen LogP contribution in [0.2, 0.25) is 0 Å². The Bertz CT molecular complexity index is 1300. The van der Waals surface area contributed by atoms with Crippen molar-refractivity contribution in [3.05, 3.63) is 101 Å². The largest absolute Gasteiger partial charge is 0.497 e. The fourth-order valence-corrected chi connectivity index (χ4v) is 3.61. The fraction of sp³-hybridized carbons (Fsp3) is 0.120. The van der Waals surface area contributed by atoms with Crippen molar-refractivity contribution in [1.82, 2.24) is 4.57 Å². The predicted octanol–water partition coefficient (Wildman–Crippen LogP) is 4.81. The Morgan fingerprint density at radius 1 is 0.968 bits per heavy atom. The standard InChI is InChI=1S/C25H21FN2O3/c1-3-27(18-10-8-17(26)9-11-18)25(30)23-16-28(19-12-14-20(31-2)15-13-19)24(29)22-7-5-4-6-21(22)23/h4-16H,3H2,1-2H3. The van der Waals surface area contributed by atoms with Gasteiger partial charge in [0.15, 0.2) is 0 Å². The molecule has 4 aromatic rings. The summed E-state index contributed by atoms with van der Waals surface area (Å²) in [6.45, 7) is 2.24. The van der Waals surface area contributed by atoms with Gasteiger partial charge >= 0.3 is 0 Å². The molecular formula is C25H21FN2O3.